The molecule has 0 spiro atoms. The van der Waals surface area contributed by atoms with Crippen LogP contribution in [0.4, 0.5) is 0 Å². The second-order valence-corrected chi connectivity index (χ2v) is 5.71. The third-order valence-corrected chi connectivity index (χ3v) is 4.14. The zero-order valence-electron chi connectivity index (χ0n) is 13.0. The smallest absolute Gasteiger partial charge is 0.191 e. The lowest BCUT2D eigenvalue weighted by atomic mass is 10.3. The van der Waals surface area contributed by atoms with E-state index in [-0.39, 0.29) is 6.54 Å². The van der Waals surface area contributed by atoms with Crippen LogP contribution in [0.3, 0.4) is 0 Å². The van der Waals surface area contributed by atoms with Crippen molar-refractivity contribution in [2.45, 2.75) is 19.6 Å². The first kappa shape index (κ1) is 17.7. The van der Waals surface area contributed by atoms with Crippen LogP contribution in [0.15, 0.2) is 33.9 Å². The van der Waals surface area contributed by atoms with Crippen LogP contribution < -0.4 is 10.6 Å². The number of nitrogens with one attached hydrogen (secondary N) is 2. The number of furan rings is 1. The average molecular weight is 359 g/mol. The highest BCUT2D eigenvalue weighted by molar-refractivity contribution is 6.41. The third kappa shape index (κ3) is 4.67. The van der Waals surface area contributed by atoms with Gasteiger partial charge in [-0.2, -0.15) is 0 Å². The van der Waals surface area contributed by atoms with Gasteiger partial charge in [0.1, 0.15) is 17.0 Å². The van der Waals surface area contributed by atoms with Gasteiger partial charge in [0.25, 0.3) is 0 Å². The molecule has 2 heterocycles. The normalized spacial score (nSPS) is 13.2. The molecule has 0 aromatic carbocycles. The molecule has 0 fully saturated rings. The van der Waals surface area contributed by atoms with Crippen molar-refractivity contribution in [1.82, 2.24) is 15.2 Å². The van der Waals surface area contributed by atoms with Gasteiger partial charge in [-0.3, -0.25) is 0 Å². The van der Waals surface area contributed by atoms with Gasteiger partial charge in [-0.15, -0.1) is 0 Å². The topological polar surface area (TPSA) is 74.7 Å². The molecule has 1 atom stereocenters. The molecule has 0 saturated carbocycles. The molecule has 8 heteroatoms. The second kappa shape index (κ2) is 8.29. The fourth-order valence-electron chi connectivity index (χ4n) is 2.02. The maximum atomic E-state index is 10.0. The quantitative estimate of drug-likeness (QED) is 0.548. The second-order valence-electron chi connectivity index (χ2n) is 4.94. The minimum Gasteiger partial charge on any atom is -0.467 e. The Labute approximate surface area is 145 Å². The van der Waals surface area contributed by atoms with Crippen molar-refractivity contribution in [3.8, 4) is 0 Å². The van der Waals surface area contributed by atoms with Gasteiger partial charge in [-0.25, -0.2) is 4.99 Å². The molecule has 2 rings (SSSR count). The molecule has 2 aromatic heterocycles. The Morgan fingerprint density at radius 3 is 2.78 bits per heavy atom. The van der Waals surface area contributed by atoms with Gasteiger partial charge in [0.15, 0.2) is 5.96 Å². The average Bonchev–Trinajstić information content (AvgIpc) is 3.15. The van der Waals surface area contributed by atoms with Gasteiger partial charge in [-0.05, 0) is 25.1 Å². The Bertz CT molecular complexity index is 653. The van der Waals surface area contributed by atoms with Crippen molar-refractivity contribution in [2.75, 3.05) is 13.1 Å². The van der Waals surface area contributed by atoms with Crippen molar-refractivity contribution in [2.24, 2.45) is 12.0 Å². The molecule has 0 bridgehead atoms. The molecule has 0 amide bonds. The predicted octanol–water partition coefficient (Wildman–Crippen LogP) is 2.71. The van der Waals surface area contributed by atoms with E-state index in [0.29, 0.717) is 35.0 Å². The first-order valence-corrected chi connectivity index (χ1v) is 8.01. The highest BCUT2D eigenvalue weighted by atomic mass is 35.5. The molecule has 6 nitrogen and oxygen atoms in total. The number of aliphatic hydroxyl groups is 1. The molecular weight excluding hydrogens is 339 g/mol. The number of aliphatic imine (C=N–C) groups is 1. The predicted molar refractivity (Wildman–Crippen MR) is 91.9 cm³/mol. The lowest BCUT2D eigenvalue weighted by Gasteiger charge is -2.14. The highest BCUT2D eigenvalue weighted by Crippen LogP contribution is 2.25. The van der Waals surface area contributed by atoms with Crippen LogP contribution in [0, 0.1) is 0 Å². The Balaban J connectivity index is 1.98. The van der Waals surface area contributed by atoms with E-state index in [2.05, 4.69) is 15.6 Å². The maximum absolute atomic E-state index is 10.0. The summed E-state index contributed by atoms with van der Waals surface area (Å²) in [4.78, 5) is 4.47. The molecular formula is C15H20Cl2N4O2. The monoisotopic (exact) mass is 358 g/mol. The SMILES string of the molecule is CCNC(=NCc1cc(Cl)c(Cl)n1C)NCC(O)c1ccco1. The Kier molecular flexibility index (Phi) is 6.38. The maximum Gasteiger partial charge on any atom is 0.191 e. The number of rotatable bonds is 6. The van der Waals surface area contributed by atoms with Crippen LogP contribution in [-0.4, -0.2) is 28.7 Å². The fraction of sp³-hybridized carbons (Fsp3) is 0.400. The number of hydrogen-bond donors (Lipinski definition) is 3. The molecule has 23 heavy (non-hydrogen) atoms. The number of nitrogens with zero attached hydrogens (tertiary/aromatic N) is 2. The summed E-state index contributed by atoms with van der Waals surface area (Å²) in [7, 11) is 1.83. The standard InChI is InChI=1S/C15H20Cl2N4O2/c1-3-18-15(20-9-12(22)13-5-4-6-23-13)19-8-10-7-11(16)14(17)21(10)2/h4-7,12,22H,3,8-9H2,1-2H3,(H2,18,19,20). The summed E-state index contributed by atoms with van der Waals surface area (Å²) >= 11 is 12.0. The molecule has 0 radical (unpaired) electrons. The number of guanidine groups is 1. The van der Waals surface area contributed by atoms with Gasteiger partial charge in [0.05, 0.1) is 24.4 Å². The van der Waals surface area contributed by atoms with E-state index < -0.39 is 6.10 Å². The van der Waals surface area contributed by atoms with E-state index in [0.717, 1.165) is 5.69 Å². The van der Waals surface area contributed by atoms with Gasteiger partial charge in [0, 0.05) is 19.3 Å². The minimum atomic E-state index is -0.743. The van der Waals surface area contributed by atoms with E-state index in [4.69, 9.17) is 27.6 Å². The van der Waals surface area contributed by atoms with Gasteiger partial charge >= 0.3 is 0 Å². The van der Waals surface area contributed by atoms with Crippen LogP contribution in [0.1, 0.15) is 24.5 Å². The molecule has 126 valence electrons. The minimum absolute atomic E-state index is 0.286. The summed E-state index contributed by atoms with van der Waals surface area (Å²) in [5.74, 6) is 1.10. The van der Waals surface area contributed by atoms with Crippen LogP contribution in [-0.2, 0) is 13.6 Å². The van der Waals surface area contributed by atoms with Crippen molar-refractivity contribution in [3.63, 3.8) is 0 Å². The zero-order chi connectivity index (χ0) is 16.8. The van der Waals surface area contributed by atoms with Gasteiger partial charge < -0.3 is 24.7 Å². The van der Waals surface area contributed by atoms with Crippen LogP contribution in [0.5, 0.6) is 0 Å². The van der Waals surface area contributed by atoms with E-state index in [1.165, 1.54) is 6.26 Å². The Morgan fingerprint density at radius 1 is 1.43 bits per heavy atom. The van der Waals surface area contributed by atoms with E-state index in [9.17, 15) is 5.11 Å². The molecule has 3 N–H and O–H groups in total. The zero-order valence-corrected chi connectivity index (χ0v) is 14.5. The highest BCUT2D eigenvalue weighted by Gasteiger charge is 2.12. The number of hydrogen-bond acceptors (Lipinski definition) is 3. The van der Waals surface area contributed by atoms with Crippen molar-refractivity contribution >= 4 is 29.2 Å². The summed E-state index contributed by atoms with van der Waals surface area (Å²) in [5, 5.41) is 17.2. The fourth-order valence-corrected chi connectivity index (χ4v) is 2.43. The molecule has 0 saturated heterocycles. The number of aromatic nitrogens is 1. The van der Waals surface area contributed by atoms with E-state index in [1.807, 2.05) is 14.0 Å². The van der Waals surface area contributed by atoms with Gasteiger partial charge in [0.2, 0.25) is 0 Å². The number of halogens is 2. The molecule has 0 aliphatic carbocycles. The first-order chi connectivity index (χ1) is 11.0. The Hall–Kier alpha value is -1.63. The van der Waals surface area contributed by atoms with Crippen LogP contribution >= 0.6 is 23.2 Å². The Morgan fingerprint density at radius 2 is 2.22 bits per heavy atom. The third-order valence-electron chi connectivity index (χ3n) is 3.29. The lowest BCUT2D eigenvalue weighted by Crippen LogP contribution is -2.39. The summed E-state index contributed by atoms with van der Waals surface area (Å²) in [6.45, 7) is 3.37. The summed E-state index contributed by atoms with van der Waals surface area (Å²) in [6, 6.07) is 5.25. The van der Waals surface area contributed by atoms with Crippen LogP contribution in [0.2, 0.25) is 10.2 Å². The van der Waals surface area contributed by atoms with Crippen molar-refractivity contribution in [3.05, 3.63) is 46.1 Å². The molecule has 0 aliphatic rings. The van der Waals surface area contributed by atoms with E-state index >= 15 is 0 Å². The summed E-state index contributed by atoms with van der Waals surface area (Å²) < 4.78 is 6.95. The lowest BCUT2D eigenvalue weighted by molar-refractivity contribution is 0.153. The first-order valence-electron chi connectivity index (χ1n) is 7.26. The largest absolute Gasteiger partial charge is 0.467 e. The van der Waals surface area contributed by atoms with Gasteiger partial charge in [-0.1, -0.05) is 23.2 Å². The summed E-state index contributed by atoms with van der Waals surface area (Å²) in [6.07, 6.45) is 0.786. The molecule has 2 aromatic rings. The van der Waals surface area contributed by atoms with E-state index in [1.54, 1.807) is 22.8 Å². The van der Waals surface area contributed by atoms with Crippen LogP contribution in [0.25, 0.3) is 0 Å². The number of aliphatic hydroxyl groups excluding tert-OH is 1. The van der Waals surface area contributed by atoms with Crippen molar-refractivity contribution in [1.29, 1.82) is 0 Å². The molecule has 1 unspecified atom stereocenters. The summed E-state index contributed by atoms with van der Waals surface area (Å²) in [5.41, 5.74) is 0.892. The molecule has 0 aliphatic heterocycles. The van der Waals surface area contributed by atoms with Crippen molar-refractivity contribution < 1.29 is 9.52 Å².